The van der Waals surface area contributed by atoms with E-state index in [2.05, 4.69) is 46.9 Å². The van der Waals surface area contributed by atoms with Crippen molar-refractivity contribution in [2.24, 2.45) is 0 Å². The normalized spacial score (nSPS) is 15.2. The Labute approximate surface area is 125 Å². The third-order valence-corrected chi connectivity index (χ3v) is 8.72. The van der Waals surface area contributed by atoms with E-state index in [1.165, 1.54) is 0 Å². The minimum absolute atomic E-state index is 0.211. The highest BCUT2D eigenvalue weighted by Crippen LogP contribution is 2.38. The van der Waals surface area contributed by atoms with E-state index < -0.39 is 14.3 Å². The molecule has 0 aromatic heterocycles. The summed E-state index contributed by atoms with van der Waals surface area (Å²) < 4.78 is 6.41. The zero-order chi connectivity index (χ0) is 16.0. The summed E-state index contributed by atoms with van der Waals surface area (Å²) >= 11 is 0. The molecule has 0 radical (unpaired) electrons. The maximum absolute atomic E-state index is 10.5. The van der Waals surface area contributed by atoms with Gasteiger partial charge in [-0.05, 0) is 44.3 Å². The molecule has 0 spiro atoms. The summed E-state index contributed by atoms with van der Waals surface area (Å²) in [6.45, 7) is 15.5. The Morgan fingerprint density at radius 1 is 1.30 bits per heavy atom. The predicted molar refractivity (Wildman–Crippen MR) is 87.6 cm³/mol. The number of hydrogen-bond acceptors (Lipinski definition) is 2. The van der Waals surface area contributed by atoms with Gasteiger partial charge in [0, 0.05) is 12.5 Å². The van der Waals surface area contributed by atoms with Crippen molar-refractivity contribution in [1.29, 1.82) is 0 Å². The van der Waals surface area contributed by atoms with Crippen molar-refractivity contribution in [2.45, 2.75) is 84.5 Å². The molecule has 3 nitrogen and oxygen atoms in total. The van der Waals surface area contributed by atoms with Gasteiger partial charge in [0.05, 0.1) is 0 Å². The van der Waals surface area contributed by atoms with Gasteiger partial charge in [-0.1, -0.05) is 39.3 Å². The zero-order valence-electron chi connectivity index (χ0n) is 14.2. The van der Waals surface area contributed by atoms with Gasteiger partial charge in [0.25, 0.3) is 0 Å². The molecule has 0 fully saturated rings. The zero-order valence-corrected chi connectivity index (χ0v) is 15.2. The number of carboxylic acids is 1. The molecule has 0 aliphatic rings. The second-order valence-corrected chi connectivity index (χ2v) is 11.8. The van der Waals surface area contributed by atoms with Crippen LogP contribution >= 0.6 is 0 Å². The highest BCUT2D eigenvalue weighted by atomic mass is 28.4. The van der Waals surface area contributed by atoms with Gasteiger partial charge in [0.2, 0.25) is 0 Å². The highest BCUT2D eigenvalue weighted by molar-refractivity contribution is 6.74. The third kappa shape index (κ3) is 7.24. The van der Waals surface area contributed by atoms with Crippen LogP contribution in [0.25, 0.3) is 0 Å². The molecule has 0 aromatic carbocycles. The number of rotatable bonds is 8. The van der Waals surface area contributed by atoms with Crippen LogP contribution in [-0.2, 0) is 9.22 Å². The molecular formula is C16H32O3Si. The summed E-state index contributed by atoms with van der Waals surface area (Å²) in [4.78, 5) is 10.5. The van der Waals surface area contributed by atoms with Gasteiger partial charge in [-0.25, -0.2) is 0 Å². The van der Waals surface area contributed by atoms with E-state index in [0.29, 0.717) is 6.42 Å². The molecule has 0 aliphatic heterocycles. The molecule has 0 heterocycles. The van der Waals surface area contributed by atoms with E-state index in [9.17, 15) is 4.79 Å². The van der Waals surface area contributed by atoms with E-state index in [0.717, 1.165) is 18.4 Å². The predicted octanol–water partition coefficient (Wildman–Crippen LogP) is 4.99. The number of allylic oxidation sites excluding steroid dienone is 1. The maximum Gasteiger partial charge on any atom is 0.303 e. The summed E-state index contributed by atoms with van der Waals surface area (Å²) in [6, 6.07) is 0. The van der Waals surface area contributed by atoms with E-state index in [1.807, 2.05) is 6.92 Å². The summed E-state index contributed by atoms with van der Waals surface area (Å²) in [7, 11) is -1.72. The van der Waals surface area contributed by atoms with Crippen molar-refractivity contribution in [3.63, 3.8) is 0 Å². The van der Waals surface area contributed by atoms with Crippen molar-refractivity contribution in [2.75, 3.05) is 0 Å². The van der Waals surface area contributed by atoms with Crippen LogP contribution in [0.5, 0.6) is 0 Å². The van der Waals surface area contributed by atoms with Crippen LogP contribution in [0.15, 0.2) is 11.6 Å². The third-order valence-electron chi connectivity index (χ3n) is 4.19. The molecule has 0 saturated carbocycles. The number of aliphatic carboxylic acids is 1. The fourth-order valence-electron chi connectivity index (χ4n) is 1.63. The van der Waals surface area contributed by atoms with Crippen LogP contribution < -0.4 is 0 Å². The molecule has 0 aliphatic carbocycles. The van der Waals surface area contributed by atoms with Crippen LogP contribution in [0.1, 0.15) is 60.3 Å². The lowest BCUT2D eigenvalue weighted by Gasteiger charge is -2.39. The Kier molecular flexibility index (Phi) is 7.74. The van der Waals surface area contributed by atoms with E-state index in [1.54, 1.807) is 0 Å². The van der Waals surface area contributed by atoms with E-state index >= 15 is 0 Å². The average Bonchev–Trinajstić information content (AvgIpc) is 2.30. The monoisotopic (exact) mass is 300 g/mol. The maximum atomic E-state index is 10.5. The van der Waals surface area contributed by atoms with Crippen LogP contribution in [0.3, 0.4) is 0 Å². The van der Waals surface area contributed by atoms with E-state index in [4.69, 9.17) is 9.53 Å². The first kappa shape index (κ1) is 19.4. The number of carboxylic acid groups (broad SMARTS) is 1. The Balaban J connectivity index is 4.49. The standard InChI is InChI=1S/C16H32O3Si/c1-8-14(19-20(6,7)16(3,4)5)11-9-13(2)10-12-15(17)18/h9,14H,8,10-12H2,1-7H3,(H,17,18)/b13-9+. The van der Waals surface area contributed by atoms with Gasteiger partial charge in [0.15, 0.2) is 8.32 Å². The van der Waals surface area contributed by atoms with Crippen LogP contribution in [0, 0.1) is 0 Å². The average molecular weight is 301 g/mol. The Morgan fingerprint density at radius 3 is 2.25 bits per heavy atom. The van der Waals surface area contributed by atoms with Gasteiger partial charge in [-0.2, -0.15) is 0 Å². The lowest BCUT2D eigenvalue weighted by Crippen LogP contribution is -2.43. The van der Waals surface area contributed by atoms with Crippen molar-refractivity contribution < 1.29 is 14.3 Å². The van der Waals surface area contributed by atoms with Crippen LogP contribution in [0.2, 0.25) is 18.1 Å². The minimum Gasteiger partial charge on any atom is -0.481 e. The van der Waals surface area contributed by atoms with Crippen molar-refractivity contribution in [3.8, 4) is 0 Å². The first-order valence-electron chi connectivity index (χ1n) is 7.55. The number of carbonyl (C=O) groups is 1. The quantitative estimate of drug-likeness (QED) is 0.507. The fourth-order valence-corrected chi connectivity index (χ4v) is 3.08. The lowest BCUT2D eigenvalue weighted by atomic mass is 10.1. The molecule has 1 unspecified atom stereocenters. The largest absolute Gasteiger partial charge is 0.481 e. The summed E-state index contributed by atoms with van der Waals surface area (Å²) in [5.74, 6) is -0.734. The van der Waals surface area contributed by atoms with Gasteiger partial charge in [0.1, 0.15) is 0 Å². The summed E-state index contributed by atoms with van der Waals surface area (Å²) in [5.41, 5.74) is 1.14. The molecule has 1 N–H and O–H groups in total. The second-order valence-electron chi connectivity index (χ2n) is 7.09. The molecular weight excluding hydrogens is 268 g/mol. The fraction of sp³-hybridized carbons (Fsp3) is 0.812. The Morgan fingerprint density at radius 2 is 1.85 bits per heavy atom. The first-order chi connectivity index (χ1) is 8.99. The summed E-state index contributed by atoms with van der Waals surface area (Å²) in [6.07, 6.45) is 5.11. The van der Waals surface area contributed by atoms with Crippen LogP contribution in [-0.4, -0.2) is 25.5 Å². The number of hydrogen-bond donors (Lipinski definition) is 1. The molecule has 1 atom stereocenters. The lowest BCUT2D eigenvalue weighted by molar-refractivity contribution is -0.136. The molecule has 0 aromatic rings. The van der Waals surface area contributed by atoms with Crippen molar-refractivity contribution in [3.05, 3.63) is 11.6 Å². The highest BCUT2D eigenvalue weighted by Gasteiger charge is 2.38. The van der Waals surface area contributed by atoms with Crippen molar-refractivity contribution >= 4 is 14.3 Å². The SMILES string of the molecule is CCC(C/C=C(\C)CCC(=O)O)O[Si](C)(C)C(C)(C)C. The summed E-state index contributed by atoms with van der Waals surface area (Å²) in [5, 5.41) is 8.91. The smallest absolute Gasteiger partial charge is 0.303 e. The van der Waals surface area contributed by atoms with Crippen LogP contribution in [0.4, 0.5) is 0 Å². The molecule has 0 amide bonds. The first-order valence-corrected chi connectivity index (χ1v) is 10.5. The molecule has 0 saturated heterocycles. The second kappa shape index (κ2) is 7.98. The molecule has 0 bridgehead atoms. The Bertz CT molecular complexity index is 340. The molecule has 0 rings (SSSR count). The minimum atomic E-state index is -1.72. The molecule has 4 heteroatoms. The van der Waals surface area contributed by atoms with Gasteiger partial charge in [-0.3, -0.25) is 4.79 Å². The molecule has 20 heavy (non-hydrogen) atoms. The molecule has 118 valence electrons. The Hall–Kier alpha value is -0.613. The van der Waals surface area contributed by atoms with E-state index in [-0.39, 0.29) is 17.6 Å². The van der Waals surface area contributed by atoms with Gasteiger partial charge in [-0.15, -0.1) is 0 Å². The van der Waals surface area contributed by atoms with Crippen molar-refractivity contribution in [1.82, 2.24) is 0 Å². The van der Waals surface area contributed by atoms with Gasteiger partial charge >= 0.3 is 5.97 Å². The topological polar surface area (TPSA) is 46.5 Å². The van der Waals surface area contributed by atoms with Gasteiger partial charge < -0.3 is 9.53 Å².